The number of benzene rings is 21. The van der Waals surface area contributed by atoms with E-state index in [2.05, 4.69) is 326 Å². The third-order valence-corrected chi connectivity index (χ3v) is 32.7. The summed E-state index contributed by atoms with van der Waals surface area (Å²) in [6.45, 7) is 4.73. The molecule has 1 aliphatic carbocycles. The largest absolute Gasteiger partial charge is 0.456 e. The van der Waals surface area contributed by atoms with Gasteiger partial charge < -0.3 is 13.6 Å². The topological polar surface area (TPSA) is 109 Å². The highest BCUT2D eigenvalue weighted by Gasteiger charge is 2.39. The Labute approximate surface area is 827 Å². The average molecular weight is 1870 g/mol. The first kappa shape index (κ1) is 81.0. The van der Waals surface area contributed by atoms with E-state index in [-0.39, 0.29) is 27.7 Å². The number of hydrogen-bond acceptors (Lipinski definition) is 6. The molecule has 0 fully saturated rings. The zero-order valence-corrected chi connectivity index (χ0v) is 79.0. The van der Waals surface area contributed by atoms with E-state index in [9.17, 15) is 19.2 Å². The van der Waals surface area contributed by atoms with E-state index < -0.39 is 0 Å². The van der Waals surface area contributed by atoms with Crippen LogP contribution < -0.4 is 22.2 Å². The smallest absolute Gasteiger partial charge is 0.263 e. The van der Waals surface area contributed by atoms with Crippen molar-refractivity contribution in [3.05, 3.63) is 489 Å². The summed E-state index contributed by atoms with van der Waals surface area (Å²) < 4.78 is 21.1. The molecule has 11 nitrogen and oxygen atoms in total. The lowest BCUT2D eigenvalue weighted by Gasteiger charge is -2.24. The van der Waals surface area contributed by atoms with Crippen molar-refractivity contribution in [2.45, 2.75) is 19.3 Å². The number of furan rings is 1. The molecule has 0 atom stereocenters. The van der Waals surface area contributed by atoms with Crippen LogP contribution in [-0.4, -0.2) is 26.7 Å². The van der Waals surface area contributed by atoms with Crippen LogP contribution in [0.25, 0.3) is 282 Å². The van der Waals surface area contributed by atoms with E-state index in [1.165, 1.54) is 97.2 Å². The predicted octanol–water partition coefficient (Wildman–Crippen LogP) is 32.9. The summed E-state index contributed by atoms with van der Waals surface area (Å²) in [5, 5.41) is 30.1. The van der Waals surface area contributed by atoms with Crippen molar-refractivity contribution in [1.29, 1.82) is 0 Å². The van der Waals surface area contributed by atoms with Crippen LogP contribution in [0.1, 0.15) is 25.0 Å². The molecule has 12 aromatic heterocycles. The van der Waals surface area contributed by atoms with Gasteiger partial charge in [0.1, 0.15) is 11.2 Å². The lowest BCUT2D eigenvalue weighted by atomic mass is 9.81. The van der Waals surface area contributed by atoms with Crippen molar-refractivity contribution in [3.63, 3.8) is 0 Å². The monoisotopic (exact) mass is 1870 g/mol. The summed E-state index contributed by atoms with van der Waals surface area (Å²) in [4.78, 5) is 54.5. The molecule has 12 heteroatoms. The summed E-state index contributed by atoms with van der Waals surface area (Å²) >= 11 is 1.84. The van der Waals surface area contributed by atoms with Crippen LogP contribution in [0.2, 0.25) is 0 Å². The minimum absolute atomic E-state index is 0.0355. The van der Waals surface area contributed by atoms with E-state index >= 15 is 0 Å². The van der Waals surface area contributed by atoms with Crippen LogP contribution in [0, 0.1) is 0 Å². The number of rotatable bonds is 4. The second-order valence-corrected chi connectivity index (χ2v) is 40.4. The minimum Gasteiger partial charge on any atom is -0.456 e. The second-order valence-electron chi connectivity index (χ2n) is 39.3. The number of pyridine rings is 4. The Morgan fingerprint density at radius 2 is 0.531 bits per heavy atom. The van der Waals surface area contributed by atoms with Gasteiger partial charge in [0.2, 0.25) is 0 Å². The van der Waals surface area contributed by atoms with Crippen molar-refractivity contribution < 1.29 is 4.42 Å². The van der Waals surface area contributed by atoms with Gasteiger partial charge in [-0.15, -0.1) is 11.3 Å². The predicted molar refractivity (Wildman–Crippen MR) is 607 cm³/mol. The SMILES string of the molecule is CC1(C)c2ccccc2-c2ccc3c4ccccc4n(-c4cc5c6ccccc6c(=O)n6c7ccccc7c(c4)c56)c3c21.O=c1c2ccccc2c2cc(-c3ccc4oc5ccccc5c4c3)cc3c4ccccc4n1c23.O=c1c2ccccc2c2cc(-c3ccc4sc5ccccc5c4c3)cc3c4ccccc4n1c23.O=c1c2ccccc2c2cccc3c4cc(-n5c6ccccc6c6ccccc65)ccc4n1c23. The molecular weight excluding hydrogens is 1790 g/mol. The molecule has 33 aromatic rings. The molecule has 12 heterocycles. The minimum atomic E-state index is -0.162. The zero-order valence-electron chi connectivity index (χ0n) is 78.2. The Kier molecular flexibility index (Phi) is 16.8. The normalized spacial score (nSPS) is 12.8. The molecule has 1 aliphatic rings. The van der Waals surface area contributed by atoms with Crippen molar-refractivity contribution in [1.82, 2.24) is 26.7 Å². The standard InChI is InChI=1S/C40H26N2O.C31H18N2O.C31H17NO2.C31H17NOS/c1-40(2)33-16-8-5-12-25(33)28-19-20-29-26-13-6-9-17-34(26)41(38(29)36(28)40)23-21-31-24-11-3-4-15-30(24)39(43)42-35-18-10-7-14-27(35)32(22-23)37(31)42;34-31-25-11-2-1-8-20(25)23-12-7-13-24-26-18-19(16-17-29(26)33(31)30(23)24)32-27-14-5-3-9-21(27)22-10-4-6-15-28(22)32;2*33-31-23-10-2-1-7-20(23)25-16-19(17-26-21-8-3-5-11-27(21)32(31)30(25)26)18-13-14-29-24(15-18)22-9-4-6-12-28(22)34-29/h3-22H,1-2H3;1-18H;2*1-17H. The highest BCUT2D eigenvalue weighted by atomic mass is 32.1. The van der Waals surface area contributed by atoms with Gasteiger partial charge in [0.05, 0.1) is 66.2 Å². The lowest BCUT2D eigenvalue weighted by molar-refractivity contribution is 0.664. The van der Waals surface area contributed by atoms with Crippen molar-refractivity contribution in [2.75, 3.05) is 0 Å². The molecule has 0 spiro atoms. The fraction of sp³-hybridized carbons (Fsp3) is 0.0226. The first-order valence-corrected chi connectivity index (χ1v) is 50.1. The quantitative estimate of drug-likeness (QED) is 0.163. The summed E-state index contributed by atoms with van der Waals surface area (Å²) in [5.41, 5.74) is 26.6. The Hall–Kier alpha value is -18.9. The van der Waals surface area contributed by atoms with Crippen LogP contribution in [0.4, 0.5) is 0 Å². The van der Waals surface area contributed by atoms with Gasteiger partial charge in [-0.2, -0.15) is 0 Å². The van der Waals surface area contributed by atoms with Gasteiger partial charge in [-0.25, -0.2) is 0 Å². The second kappa shape index (κ2) is 30.1. The number of thiophene rings is 1. The highest BCUT2D eigenvalue weighted by molar-refractivity contribution is 7.25. The third kappa shape index (κ3) is 11.3. The van der Waals surface area contributed by atoms with Gasteiger partial charge in [-0.3, -0.25) is 36.8 Å². The van der Waals surface area contributed by atoms with Gasteiger partial charge in [0, 0.05) is 155 Å². The van der Waals surface area contributed by atoms with Gasteiger partial charge in [0.25, 0.3) is 22.2 Å². The maximum Gasteiger partial charge on any atom is 0.263 e. The number of fused-ring (bicyclic) bond motifs is 36. The van der Waals surface area contributed by atoms with Crippen LogP contribution in [0.3, 0.4) is 0 Å². The Balaban J connectivity index is 0.0000000885. The lowest BCUT2D eigenvalue weighted by Crippen LogP contribution is -2.16. The van der Waals surface area contributed by atoms with Gasteiger partial charge >= 0.3 is 0 Å². The molecule has 145 heavy (non-hydrogen) atoms. The Morgan fingerprint density at radius 3 is 1.06 bits per heavy atom. The number of para-hydroxylation sites is 8. The first-order valence-electron chi connectivity index (χ1n) is 49.2. The van der Waals surface area contributed by atoms with Crippen molar-refractivity contribution in [2.24, 2.45) is 0 Å². The number of hydrogen-bond donors (Lipinski definition) is 0. The van der Waals surface area contributed by atoms with E-state index in [0.29, 0.717) is 0 Å². The molecule has 0 saturated heterocycles. The maximum atomic E-state index is 13.9. The molecule has 0 saturated carbocycles. The van der Waals surface area contributed by atoms with E-state index in [0.717, 1.165) is 196 Å². The van der Waals surface area contributed by atoms with Crippen molar-refractivity contribution in [3.8, 4) is 44.8 Å². The third-order valence-electron chi connectivity index (χ3n) is 31.5. The summed E-state index contributed by atoms with van der Waals surface area (Å²) in [6, 6.07) is 152. The highest BCUT2D eigenvalue weighted by Crippen LogP contribution is 2.55. The van der Waals surface area contributed by atoms with Gasteiger partial charge in [-0.05, 0) is 218 Å². The van der Waals surface area contributed by atoms with E-state index in [4.69, 9.17) is 4.42 Å². The molecule has 676 valence electrons. The molecular formula is C133H78N6O5S. The van der Waals surface area contributed by atoms with Crippen LogP contribution in [-0.2, 0) is 5.41 Å². The van der Waals surface area contributed by atoms with Gasteiger partial charge in [0.15, 0.2) is 0 Å². The number of aromatic nitrogens is 6. The molecule has 34 rings (SSSR count). The average Bonchev–Trinajstić information content (AvgIpc) is 1.52. The molecule has 0 aliphatic heterocycles. The van der Waals surface area contributed by atoms with Gasteiger partial charge in [-0.1, -0.05) is 299 Å². The van der Waals surface area contributed by atoms with E-state index in [1.807, 2.05) is 162 Å². The summed E-state index contributed by atoms with van der Waals surface area (Å²) in [6.07, 6.45) is 0. The fourth-order valence-electron chi connectivity index (χ4n) is 25.3. The number of nitrogens with zero attached hydrogens (tertiary/aromatic N) is 6. The molecule has 0 radical (unpaired) electrons. The van der Waals surface area contributed by atoms with Crippen LogP contribution in [0.5, 0.6) is 0 Å². The van der Waals surface area contributed by atoms with Crippen LogP contribution in [0.15, 0.2) is 460 Å². The Bertz CT molecular complexity index is 11400. The molecule has 0 bridgehead atoms. The molecule has 0 amide bonds. The van der Waals surface area contributed by atoms with Crippen LogP contribution >= 0.6 is 11.3 Å². The first-order chi connectivity index (χ1) is 71.4. The molecule has 0 unspecified atom stereocenters. The summed E-state index contributed by atoms with van der Waals surface area (Å²) in [7, 11) is 0. The van der Waals surface area contributed by atoms with E-state index in [1.54, 1.807) is 0 Å². The summed E-state index contributed by atoms with van der Waals surface area (Å²) in [5.74, 6) is 0. The maximum absolute atomic E-state index is 13.9. The fourth-order valence-corrected chi connectivity index (χ4v) is 26.4. The molecule has 21 aromatic carbocycles. The zero-order chi connectivity index (χ0) is 95.8. The van der Waals surface area contributed by atoms with Crippen molar-refractivity contribution >= 4 is 249 Å². The Morgan fingerprint density at radius 1 is 0.200 bits per heavy atom. The molecule has 0 N–H and O–H groups in total.